The number of halogens is 1. The lowest BCUT2D eigenvalue weighted by Crippen LogP contribution is -1.93. The maximum atomic E-state index is 9.89. The second-order valence-electron chi connectivity index (χ2n) is 4.67. The molecule has 0 amide bonds. The average molecular weight is 321 g/mol. The molecule has 0 fully saturated rings. The molecule has 3 heteroatoms. The maximum Gasteiger partial charge on any atom is 0.131 e. The number of phenols is 1. The molecular formula is C16H17BrO2. The van der Waals surface area contributed by atoms with Crippen LogP contribution in [0, 0.1) is 20.8 Å². The van der Waals surface area contributed by atoms with Crippen LogP contribution in [0.3, 0.4) is 0 Å². The minimum atomic E-state index is 0.347. The smallest absolute Gasteiger partial charge is 0.131 e. The number of alkyl halides is 1. The van der Waals surface area contributed by atoms with Crippen molar-refractivity contribution in [1.29, 1.82) is 0 Å². The Labute approximate surface area is 122 Å². The lowest BCUT2D eigenvalue weighted by molar-refractivity contribution is 0.454. The third-order valence-electron chi connectivity index (χ3n) is 3.31. The van der Waals surface area contributed by atoms with Crippen LogP contribution >= 0.6 is 15.9 Å². The molecule has 0 spiro atoms. The molecule has 0 aliphatic heterocycles. The van der Waals surface area contributed by atoms with Gasteiger partial charge in [0.05, 0.1) is 0 Å². The number of rotatable bonds is 3. The first-order chi connectivity index (χ1) is 9.02. The summed E-state index contributed by atoms with van der Waals surface area (Å²) < 4.78 is 5.90. The van der Waals surface area contributed by atoms with Crippen molar-refractivity contribution >= 4 is 15.9 Å². The Morgan fingerprint density at radius 2 is 1.68 bits per heavy atom. The molecule has 2 aromatic rings. The van der Waals surface area contributed by atoms with Gasteiger partial charge in [0.2, 0.25) is 0 Å². The number of hydrogen-bond acceptors (Lipinski definition) is 2. The van der Waals surface area contributed by atoms with Crippen molar-refractivity contribution in [2.24, 2.45) is 0 Å². The first kappa shape index (κ1) is 13.9. The summed E-state index contributed by atoms with van der Waals surface area (Å²) in [6.07, 6.45) is 0. The van der Waals surface area contributed by atoms with E-state index in [9.17, 15) is 5.11 Å². The zero-order valence-electron chi connectivity index (χ0n) is 11.3. The van der Waals surface area contributed by atoms with E-state index in [1.807, 2.05) is 51.1 Å². The highest BCUT2D eigenvalue weighted by atomic mass is 79.9. The van der Waals surface area contributed by atoms with Crippen LogP contribution in [-0.4, -0.2) is 5.11 Å². The molecule has 0 aliphatic carbocycles. The summed E-state index contributed by atoms with van der Waals surface area (Å²) in [4.78, 5) is 0. The first-order valence-corrected chi connectivity index (χ1v) is 7.27. The molecule has 0 unspecified atom stereocenters. The summed E-state index contributed by atoms with van der Waals surface area (Å²) in [5, 5.41) is 10.7. The van der Waals surface area contributed by atoms with Gasteiger partial charge in [0.1, 0.15) is 17.2 Å². The van der Waals surface area contributed by atoms with E-state index in [-0.39, 0.29) is 0 Å². The van der Waals surface area contributed by atoms with E-state index in [0.29, 0.717) is 5.75 Å². The average Bonchev–Trinajstić information content (AvgIpc) is 2.43. The van der Waals surface area contributed by atoms with Crippen LogP contribution in [-0.2, 0) is 5.33 Å². The van der Waals surface area contributed by atoms with Crippen molar-refractivity contribution < 1.29 is 9.84 Å². The molecule has 0 bridgehead atoms. The highest BCUT2D eigenvalue weighted by molar-refractivity contribution is 9.08. The summed E-state index contributed by atoms with van der Waals surface area (Å²) >= 11 is 3.42. The van der Waals surface area contributed by atoms with Crippen molar-refractivity contribution in [2.45, 2.75) is 26.1 Å². The number of aromatic hydroxyl groups is 1. The summed E-state index contributed by atoms with van der Waals surface area (Å²) in [5.74, 6) is 1.94. The molecule has 1 N–H and O–H groups in total. The number of ether oxygens (including phenoxy) is 1. The van der Waals surface area contributed by atoms with Gasteiger partial charge in [0.25, 0.3) is 0 Å². The molecule has 0 saturated carbocycles. The third-order valence-corrected chi connectivity index (χ3v) is 3.96. The van der Waals surface area contributed by atoms with Crippen molar-refractivity contribution in [3.8, 4) is 17.2 Å². The molecule has 0 radical (unpaired) electrons. The Kier molecular flexibility index (Phi) is 4.15. The fourth-order valence-electron chi connectivity index (χ4n) is 1.91. The maximum absolute atomic E-state index is 9.89. The summed E-state index contributed by atoms with van der Waals surface area (Å²) in [6, 6.07) is 9.83. The molecule has 0 saturated heterocycles. The van der Waals surface area contributed by atoms with Gasteiger partial charge in [-0.05, 0) is 61.2 Å². The monoisotopic (exact) mass is 320 g/mol. The largest absolute Gasteiger partial charge is 0.507 e. The lowest BCUT2D eigenvalue weighted by Gasteiger charge is -2.14. The first-order valence-electron chi connectivity index (χ1n) is 6.15. The quantitative estimate of drug-likeness (QED) is 0.806. The van der Waals surface area contributed by atoms with Crippen molar-refractivity contribution in [2.75, 3.05) is 0 Å². The molecule has 0 heterocycles. The van der Waals surface area contributed by atoms with Crippen molar-refractivity contribution in [3.63, 3.8) is 0 Å². The Morgan fingerprint density at radius 1 is 1.05 bits per heavy atom. The number of aryl methyl sites for hydroxylation is 1. The fraction of sp³-hybridized carbons (Fsp3) is 0.250. The Hall–Kier alpha value is -1.48. The van der Waals surface area contributed by atoms with E-state index in [1.54, 1.807) is 0 Å². The number of benzene rings is 2. The normalized spacial score (nSPS) is 10.5. The van der Waals surface area contributed by atoms with E-state index in [4.69, 9.17) is 4.74 Å². The topological polar surface area (TPSA) is 29.5 Å². The second kappa shape index (κ2) is 5.66. The molecule has 2 aromatic carbocycles. The molecule has 19 heavy (non-hydrogen) atoms. The Bertz CT molecular complexity index is 589. The molecule has 0 aliphatic rings. The third kappa shape index (κ3) is 2.92. The van der Waals surface area contributed by atoms with E-state index in [1.165, 1.54) is 5.56 Å². The summed E-state index contributed by atoms with van der Waals surface area (Å²) in [7, 11) is 0. The summed E-state index contributed by atoms with van der Waals surface area (Å²) in [6.45, 7) is 5.73. The lowest BCUT2D eigenvalue weighted by atomic mass is 10.0. The van der Waals surface area contributed by atoms with Crippen LogP contribution in [0.5, 0.6) is 17.2 Å². The van der Waals surface area contributed by atoms with Gasteiger partial charge < -0.3 is 9.84 Å². The molecular weight excluding hydrogens is 304 g/mol. The molecule has 0 atom stereocenters. The van der Waals surface area contributed by atoms with Crippen LogP contribution in [0.1, 0.15) is 22.3 Å². The predicted octanol–water partition coefficient (Wildman–Crippen LogP) is 5.00. The molecule has 0 aromatic heterocycles. The minimum absolute atomic E-state index is 0.347. The standard InChI is InChI=1S/C16H17BrO2/c1-10-8-15(11(2)12(3)16(10)18)19-14-6-4-13(9-17)5-7-14/h4-8,18H,9H2,1-3H3. The fourth-order valence-corrected chi connectivity index (χ4v) is 2.28. The van der Waals surface area contributed by atoms with E-state index in [2.05, 4.69) is 15.9 Å². The molecule has 100 valence electrons. The Morgan fingerprint density at radius 3 is 2.26 bits per heavy atom. The zero-order valence-corrected chi connectivity index (χ0v) is 12.9. The van der Waals surface area contributed by atoms with Crippen LogP contribution in [0.25, 0.3) is 0 Å². The number of hydrogen-bond donors (Lipinski definition) is 1. The predicted molar refractivity (Wildman–Crippen MR) is 81.5 cm³/mol. The SMILES string of the molecule is Cc1cc(Oc2ccc(CBr)cc2)c(C)c(C)c1O. The van der Waals surface area contributed by atoms with Crippen LogP contribution in [0.15, 0.2) is 30.3 Å². The van der Waals surface area contributed by atoms with E-state index >= 15 is 0 Å². The molecule has 2 rings (SSSR count). The zero-order chi connectivity index (χ0) is 14.0. The summed E-state index contributed by atoms with van der Waals surface area (Å²) in [5.41, 5.74) is 3.87. The van der Waals surface area contributed by atoms with Gasteiger partial charge in [-0.25, -0.2) is 0 Å². The van der Waals surface area contributed by atoms with Crippen LogP contribution in [0.2, 0.25) is 0 Å². The van der Waals surface area contributed by atoms with Gasteiger partial charge in [-0.2, -0.15) is 0 Å². The highest BCUT2D eigenvalue weighted by Gasteiger charge is 2.10. The van der Waals surface area contributed by atoms with Gasteiger partial charge in [0.15, 0.2) is 0 Å². The van der Waals surface area contributed by atoms with Crippen LogP contribution < -0.4 is 4.74 Å². The van der Waals surface area contributed by atoms with Crippen molar-refractivity contribution in [3.05, 3.63) is 52.6 Å². The van der Waals surface area contributed by atoms with E-state index in [0.717, 1.165) is 33.5 Å². The van der Waals surface area contributed by atoms with Crippen LogP contribution in [0.4, 0.5) is 0 Å². The van der Waals surface area contributed by atoms with Gasteiger partial charge >= 0.3 is 0 Å². The van der Waals surface area contributed by atoms with Gasteiger partial charge in [0, 0.05) is 5.33 Å². The second-order valence-corrected chi connectivity index (χ2v) is 5.23. The minimum Gasteiger partial charge on any atom is -0.507 e. The van der Waals surface area contributed by atoms with Gasteiger partial charge in [-0.1, -0.05) is 28.1 Å². The van der Waals surface area contributed by atoms with E-state index < -0.39 is 0 Å². The number of phenolic OH excluding ortho intramolecular Hbond substituents is 1. The highest BCUT2D eigenvalue weighted by Crippen LogP contribution is 2.34. The molecule has 2 nitrogen and oxygen atoms in total. The van der Waals surface area contributed by atoms with Gasteiger partial charge in [-0.3, -0.25) is 0 Å². The Balaban J connectivity index is 2.32. The van der Waals surface area contributed by atoms with Crippen molar-refractivity contribution in [1.82, 2.24) is 0 Å². The van der Waals surface area contributed by atoms with Gasteiger partial charge in [-0.15, -0.1) is 0 Å².